The molecule has 2 heteroatoms. The fraction of sp³-hybridized carbons (Fsp3) is 0.333. The van der Waals surface area contributed by atoms with Crippen LogP contribution in [0, 0.1) is 5.53 Å². The zero-order valence-electron chi connectivity index (χ0n) is 3.15. The Morgan fingerprint density at radius 2 is 2.20 bits per heavy atom. The molecule has 0 aliphatic heterocycles. The van der Waals surface area contributed by atoms with Crippen LogP contribution in [0.4, 0.5) is 0 Å². The minimum atomic E-state index is 0.546. The van der Waals surface area contributed by atoms with Crippen LogP contribution in [0.3, 0.4) is 0 Å². The fourth-order valence-electron chi connectivity index (χ4n) is 0. The normalized spacial score (nSPS) is 6.60. The molecule has 0 bridgehead atoms. The largest absolute Gasteiger partial charge is 0.205 e. The lowest BCUT2D eigenvalue weighted by molar-refractivity contribution is 1.06. The number of rotatable bonds is 1. The Bertz CT molecular complexity index is 55.9. The molecule has 2 nitrogen and oxygen atoms in total. The predicted molar refractivity (Wildman–Crippen MR) is 20.0 cm³/mol. The van der Waals surface area contributed by atoms with Crippen molar-refractivity contribution in [1.29, 1.82) is 5.53 Å². The Labute approximate surface area is 31.0 Å². The summed E-state index contributed by atoms with van der Waals surface area (Å²) < 4.78 is 0. The number of nitrogens with zero attached hydrogens (tertiary/aromatic N) is 1. The van der Waals surface area contributed by atoms with Crippen molar-refractivity contribution in [3.05, 3.63) is 12.3 Å². The number of hydrogen-bond acceptors (Lipinski definition) is 2. The maximum Gasteiger partial charge on any atom is 0.0521 e. The second kappa shape index (κ2) is 1.64. The molecule has 0 unspecified atom stereocenters. The first kappa shape index (κ1) is 4.34. The molecule has 1 N–H and O–H groups in total. The lowest BCUT2D eigenvalue weighted by Gasteiger charge is -1.69. The maximum absolute atomic E-state index is 6.18. The quantitative estimate of drug-likeness (QED) is 0.454. The molecule has 5 heavy (non-hydrogen) atoms. The SMILES string of the molecule is C=C(C)N=N. The van der Waals surface area contributed by atoms with Gasteiger partial charge in [0.25, 0.3) is 0 Å². The van der Waals surface area contributed by atoms with Gasteiger partial charge in [-0.15, -0.1) is 0 Å². The second-order valence-corrected chi connectivity index (χ2v) is 0.847. The zero-order chi connectivity index (χ0) is 4.28. The molecule has 0 rings (SSSR count). The van der Waals surface area contributed by atoms with Crippen LogP contribution in [0.5, 0.6) is 0 Å². The van der Waals surface area contributed by atoms with Crippen molar-refractivity contribution in [2.45, 2.75) is 6.92 Å². The van der Waals surface area contributed by atoms with Gasteiger partial charge in [0.1, 0.15) is 0 Å². The second-order valence-electron chi connectivity index (χ2n) is 0.847. The van der Waals surface area contributed by atoms with Crippen molar-refractivity contribution in [2.75, 3.05) is 0 Å². The standard InChI is InChI=1S/C3H6N2/c1-3(2)5-4/h4H,1H2,2H3. The maximum atomic E-state index is 6.18. The number of allylic oxidation sites excluding steroid dienone is 1. The average Bonchev–Trinajstić information content (AvgIpc) is 1.38. The Balaban J connectivity index is 3.20. The van der Waals surface area contributed by atoms with E-state index >= 15 is 0 Å². The third kappa shape index (κ3) is 3.34. The third-order valence-electron chi connectivity index (χ3n) is 0.191. The van der Waals surface area contributed by atoms with Crippen molar-refractivity contribution >= 4 is 0 Å². The summed E-state index contributed by atoms with van der Waals surface area (Å²) in [6.45, 7) is 4.99. The van der Waals surface area contributed by atoms with Gasteiger partial charge in [0.05, 0.1) is 5.70 Å². The van der Waals surface area contributed by atoms with Gasteiger partial charge in [-0.05, 0) is 6.92 Å². The molecule has 0 atom stereocenters. The monoisotopic (exact) mass is 70.1 g/mol. The summed E-state index contributed by atoms with van der Waals surface area (Å²) >= 11 is 0. The highest BCUT2D eigenvalue weighted by Gasteiger charge is 1.62. The van der Waals surface area contributed by atoms with Gasteiger partial charge >= 0.3 is 0 Å². The Morgan fingerprint density at radius 1 is 2.00 bits per heavy atom. The molecule has 0 aromatic rings. The number of nitrogens with one attached hydrogen (secondary N) is 1. The van der Waals surface area contributed by atoms with Gasteiger partial charge in [0, 0.05) is 0 Å². The van der Waals surface area contributed by atoms with Gasteiger partial charge < -0.3 is 0 Å². The summed E-state index contributed by atoms with van der Waals surface area (Å²) in [5.41, 5.74) is 6.73. The van der Waals surface area contributed by atoms with Gasteiger partial charge in [0.15, 0.2) is 0 Å². The molecule has 0 heterocycles. The minimum Gasteiger partial charge on any atom is -0.205 e. The summed E-state index contributed by atoms with van der Waals surface area (Å²) in [5.74, 6) is 0. The van der Waals surface area contributed by atoms with Crippen LogP contribution in [0.1, 0.15) is 6.92 Å². The van der Waals surface area contributed by atoms with Crippen molar-refractivity contribution < 1.29 is 0 Å². The van der Waals surface area contributed by atoms with Gasteiger partial charge in [-0.1, -0.05) is 6.58 Å². The summed E-state index contributed by atoms with van der Waals surface area (Å²) in [5, 5.41) is 2.94. The molecule has 0 aromatic heterocycles. The Kier molecular flexibility index (Phi) is 1.42. The summed E-state index contributed by atoms with van der Waals surface area (Å²) in [7, 11) is 0. The van der Waals surface area contributed by atoms with Crippen LogP contribution in [0.15, 0.2) is 17.4 Å². The number of hydrogen-bond donors (Lipinski definition) is 1. The molecule has 0 spiro atoms. The molecule has 0 radical (unpaired) electrons. The molecular weight excluding hydrogens is 64.0 g/mol. The topological polar surface area (TPSA) is 36.2 Å². The molecule has 0 aliphatic carbocycles. The van der Waals surface area contributed by atoms with E-state index in [4.69, 9.17) is 5.53 Å². The van der Waals surface area contributed by atoms with Crippen LogP contribution in [0.2, 0.25) is 0 Å². The minimum absolute atomic E-state index is 0.546. The van der Waals surface area contributed by atoms with Crippen LogP contribution in [0.25, 0.3) is 0 Å². The van der Waals surface area contributed by atoms with Crippen molar-refractivity contribution in [1.82, 2.24) is 0 Å². The zero-order valence-corrected chi connectivity index (χ0v) is 3.15. The highest BCUT2D eigenvalue weighted by molar-refractivity contribution is 4.80. The summed E-state index contributed by atoms with van der Waals surface area (Å²) in [6, 6.07) is 0. The van der Waals surface area contributed by atoms with E-state index in [0.29, 0.717) is 5.70 Å². The van der Waals surface area contributed by atoms with Crippen LogP contribution >= 0.6 is 0 Å². The highest BCUT2D eigenvalue weighted by atomic mass is 15.0. The van der Waals surface area contributed by atoms with Crippen LogP contribution in [-0.4, -0.2) is 0 Å². The van der Waals surface area contributed by atoms with Gasteiger partial charge in [-0.3, -0.25) is 0 Å². The van der Waals surface area contributed by atoms with E-state index in [2.05, 4.69) is 11.7 Å². The van der Waals surface area contributed by atoms with E-state index in [9.17, 15) is 0 Å². The van der Waals surface area contributed by atoms with E-state index in [0.717, 1.165) is 0 Å². The van der Waals surface area contributed by atoms with Gasteiger partial charge in [-0.2, -0.15) is 5.11 Å². The molecule has 0 aliphatic rings. The first-order valence-corrected chi connectivity index (χ1v) is 1.30. The molecular formula is C3H6N2. The molecule has 0 saturated carbocycles. The predicted octanol–water partition coefficient (Wildman–Crippen LogP) is 1.55. The molecule has 0 fully saturated rings. The van der Waals surface area contributed by atoms with E-state index < -0.39 is 0 Å². The molecule has 0 aromatic carbocycles. The Hall–Kier alpha value is -0.660. The van der Waals surface area contributed by atoms with E-state index in [1.54, 1.807) is 6.92 Å². The summed E-state index contributed by atoms with van der Waals surface area (Å²) in [4.78, 5) is 0. The molecule has 28 valence electrons. The van der Waals surface area contributed by atoms with Crippen molar-refractivity contribution in [2.24, 2.45) is 5.11 Å². The van der Waals surface area contributed by atoms with Gasteiger partial charge in [0.2, 0.25) is 0 Å². The van der Waals surface area contributed by atoms with Gasteiger partial charge in [-0.25, -0.2) is 5.53 Å². The highest BCUT2D eigenvalue weighted by Crippen LogP contribution is 1.81. The molecule has 0 saturated heterocycles. The van der Waals surface area contributed by atoms with E-state index in [1.165, 1.54) is 0 Å². The molecule has 0 amide bonds. The average molecular weight is 70.1 g/mol. The summed E-state index contributed by atoms with van der Waals surface area (Å²) in [6.07, 6.45) is 0. The van der Waals surface area contributed by atoms with Crippen LogP contribution in [-0.2, 0) is 0 Å². The Morgan fingerprint density at radius 3 is 2.20 bits per heavy atom. The first-order chi connectivity index (χ1) is 2.27. The van der Waals surface area contributed by atoms with Crippen LogP contribution < -0.4 is 0 Å². The smallest absolute Gasteiger partial charge is 0.0521 e. The first-order valence-electron chi connectivity index (χ1n) is 1.30. The fourth-order valence-corrected chi connectivity index (χ4v) is 0. The van der Waals surface area contributed by atoms with E-state index in [1.807, 2.05) is 0 Å². The van der Waals surface area contributed by atoms with Crippen molar-refractivity contribution in [3.63, 3.8) is 0 Å². The lowest BCUT2D eigenvalue weighted by atomic mass is 10.6. The van der Waals surface area contributed by atoms with E-state index in [-0.39, 0.29) is 0 Å². The van der Waals surface area contributed by atoms with Crippen molar-refractivity contribution in [3.8, 4) is 0 Å². The third-order valence-corrected chi connectivity index (χ3v) is 0.191. The lowest BCUT2D eigenvalue weighted by Crippen LogP contribution is -1.49.